The molecule has 0 aliphatic carbocycles. The van der Waals surface area contributed by atoms with Gasteiger partial charge in [-0.05, 0) is 43.0 Å². The van der Waals surface area contributed by atoms with Crippen LogP contribution in [0.15, 0.2) is 60.7 Å². The molecule has 1 aliphatic heterocycles. The van der Waals surface area contributed by atoms with Gasteiger partial charge in [-0.1, -0.05) is 62.4 Å². The Bertz CT molecular complexity index is 727. The van der Waals surface area contributed by atoms with E-state index in [1.807, 2.05) is 18.2 Å². The van der Waals surface area contributed by atoms with Crippen LogP contribution in [0, 0.1) is 17.2 Å². The maximum absolute atomic E-state index is 10.0. The molecule has 1 saturated heterocycles. The van der Waals surface area contributed by atoms with Crippen molar-refractivity contribution in [3.8, 4) is 6.07 Å². The second-order valence-electron chi connectivity index (χ2n) is 7.87. The van der Waals surface area contributed by atoms with Crippen molar-refractivity contribution >= 4 is 5.69 Å². The van der Waals surface area contributed by atoms with Crippen molar-refractivity contribution in [3.63, 3.8) is 0 Å². The van der Waals surface area contributed by atoms with Gasteiger partial charge >= 0.3 is 0 Å². The molecular weight excluding hydrogens is 330 g/mol. The van der Waals surface area contributed by atoms with E-state index in [1.54, 1.807) is 0 Å². The van der Waals surface area contributed by atoms with Gasteiger partial charge in [0.15, 0.2) is 0 Å². The first-order valence-corrected chi connectivity index (χ1v) is 10.1. The van der Waals surface area contributed by atoms with Crippen LogP contribution >= 0.6 is 0 Å². The average molecular weight is 362 g/mol. The Kier molecular flexibility index (Phi) is 6.53. The molecule has 2 aromatic carbocycles. The van der Waals surface area contributed by atoms with E-state index in [9.17, 15) is 5.26 Å². The third-order valence-corrected chi connectivity index (χ3v) is 6.01. The van der Waals surface area contributed by atoms with E-state index in [2.05, 4.69) is 72.2 Å². The molecule has 3 heteroatoms. The molecular formula is C24H31N3. The van der Waals surface area contributed by atoms with Crippen LogP contribution in [0.1, 0.15) is 32.3 Å². The zero-order chi connectivity index (χ0) is 19.1. The first-order chi connectivity index (χ1) is 13.2. The Labute approximate surface area is 164 Å². The number of benzene rings is 2. The minimum Gasteiger partial charge on any atom is -0.369 e. The molecule has 2 aromatic rings. The van der Waals surface area contributed by atoms with E-state index in [4.69, 9.17) is 0 Å². The Morgan fingerprint density at radius 1 is 0.926 bits per heavy atom. The van der Waals surface area contributed by atoms with Crippen LogP contribution in [-0.4, -0.2) is 37.6 Å². The summed E-state index contributed by atoms with van der Waals surface area (Å²) >= 11 is 0. The smallest absolute Gasteiger partial charge is 0.0845 e. The predicted molar refractivity (Wildman–Crippen MR) is 113 cm³/mol. The summed E-state index contributed by atoms with van der Waals surface area (Å²) < 4.78 is 0. The molecule has 142 valence electrons. The highest BCUT2D eigenvalue weighted by Gasteiger charge is 2.35. The van der Waals surface area contributed by atoms with Gasteiger partial charge in [0, 0.05) is 31.9 Å². The van der Waals surface area contributed by atoms with Crippen molar-refractivity contribution in [2.45, 2.75) is 32.1 Å². The lowest BCUT2D eigenvalue weighted by atomic mass is 9.70. The Balaban J connectivity index is 1.54. The van der Waals surface area contributed by atoms with E-state index in [-0.39, 0.29) is 5.41 Å². The quantitative estimate of drug-likeness (QED) is 0.716. The monoisotopic (exact) mass is 361 g/mol. The Morgan fingerprint density at radius 3 is 2.07 bits per heavy atom. The summed E-state index contributed by atoms with van der Waals surface area (Å²) in [6.07, 6.45) is 1.98. The fourth-order valence-electron chi connectivity index (χ4n) is 4.20. The molecule has 3 nitrogen and oxygen atoms in total. The Morgan fingerprint density at radius 2 is 1.52 bits per heavy atom. The molecule has 0 spiro atoms. The molecule has 0 radical (unpaired) electrons. The molecule has 0 aromatic heterocycles. The maximum atomic E-state index is 10.0. The molecule has 1 atom stereocenters. The van der Waals surface area contributed by atoms with Crippen LogP contribution in [0.2, 0.25) is 0 Å². The summed E-state index contributed by atoms with van der Waals surface area (Å²) in [4.78, 5) is 5.01. The molecule has 1 unspecified atom stereocenters. The standard InChI is InChI=1S/C24H31N3/c1-21(2)24(20-25,22-10-5-3-6-11-22)14-9-15-26-16-18-27(19-17-26)23-12-7-4-8-13-23/h3-8,10-13,21H,9,14-19H2,1-2H3. The highest BCUT2D eigenvalue weighted by Crippen LogP contribution is 2.36. The zero-order valence-electron chi connectivity index (χ0n) is 16.6. The molecule has 1 heterocycles. The molecule has 0 saturated carbocycles. The molecule has 27 heavy (non-hydrogen) atoms. The lowest BCUT2D eigenvalue weighted by molar-refractivity contribution is 0.239. The van der Waals surface area contributed by atoms with Gasteiger partial charge in [-0.3, -0.25) is 4.90 Å². The largest absolute Gasteiger partial charge is 0.369 e. The minimum absolute atomic E-state index is 0.305. The second-order valence-corrected chi connectivity index (χ2v) is 7.87. The maximum Gasteiger partial charge on any atom is 0.0845 e. The fraction of sp³-hybridized carbons (Fsp3) is 0.458. The highest BCUT2D eigenvalue weighted by atomic mass is 15.3. The summed E-state index contributed by atoms with van der Waals surface area (Å²) in [5.74, 6) is 0.305. The van der Waals surface area contributed by atoms with Gasteiger partial charge < -0.3 is 4.90 Å². The van der Waals surface area contributed by atoms with Gasteiger partial charge in [0.2, 0.25) is 0 Å². The number of nitrogens with zero attached hydrogens (tertiary/aromatic N) is 3. The summed E-state index contributed by atoms with van der Waals surface area (Å²) in [7, 11) is 0. The summed E-state index contributed by atoms with van der Waals surface area (Å²) in [6, 6.07) is 23.7. The van der Waals surface area contributed by atoms with Gasteiger partial charge in [0.25, 0.3) is 0 Å². The first-order valence-electron chi connectivity index (χ1n) is 10.1. The number of para-hydroxylation sites is 1. The molecule has 1 aliphatic rings. The van der Waals surface area contributed by atoms with E-state index >= 15 is 0 Å². The van der Waals surface area contributed by atoms with Gasteiger partial charge in [-0.15, -0.1) is 0 Å². The van der Waals surface area contributed by atoms with Crippen LogP contribution in [0.5, 0.6) is 0 Å². The Hall–Kier alpha value is -2.31. The normalized spacial score (nSPS) is 17.5. The summed E-state index contributed by atoms with van der Waals surface area (Å²) in [5, 5.41) is 10.0. The van der Waals surface area contributed by atoms with Crippen LogP contribution in [0.3, 0.4) is 0 Å². The van der Waals surface area contributed by atoms with E-state index in [0.717, 1.165) is 51.1 Å². The van der Waals surface area contributed by atoms with Crippen LogP contribution in [0.25, 0.3) is 0 Å². The van der Waals surface area contributed by atoms with Crippen molar-refractivity contribution < 1.29 is 0 Å². The van der Waals surface area contributed by atoms with Crippen molar-refractivity contribution in [2.75, 3.05) is 37.6 Å². The van der Waals surface area contributed by atoms with Crippen LogP contribution in [-0.2, 0) is 5.41 Å². The van der Waals surface area contributed by atoms with Crippen LogP contribution < -0.4 is 4.90 Å². The van der Waals surface area contributed by atoms with Crippen molar-refractivity contribution in [3.05, 3.63) is 66.2 Å². The first kappa shape index (κ1) is 19.5. The van der Waals surface area contributed by atoms with Gasteiger partial charge in [0.05, 0.1) is 11.5 Å². The fourth-order valence-corrected chi connectivity index (χ4v) is 4.20. The average Bonchev–Trinajstić information content (AvgIpc) is 2.73. The number of piperazine rings is 1. The third kappa shape index (κ3) is 4.51. The van der Waals surface area contributed by atoms with E-state index in [1.165, 1.54) is 5.69 Å². The topological polar surface area (TPSA) is 30.3 Å². The molecule has 3 rings (SSSR count). The number of hydrogen-bond donors (Lipinski definition) is 0. The number of hydrogen-bond acceptors (Lipinski definition) is 3. The summed E-state index contributed by atoms with van der Waals surface area (Å²) in [5.41, 5.74) is 2.11. The molecule has 1 fully saturated rings. The molecule has 0 amide bonds. The zero-order valence-corrected chi connectivity index (χ0v) is 16.6. The SMILES string of the molecule is CC(C)C(C#N)(CCCN1CCN(c2ccccc2)CC1)c1ccccc1. The molecule has 0 bridgehead atoms. The van der Waals surface area contributed by atoms with Gasteiger partial charge in [-0.25, -0.2) is 0 Å². The number of anilines is 1. The lowest BCUT2D eigenvalue weighted by Crippen LogP contribution is -2.46. The van der Waals surface area contributed by atoms with Crippen molar-refractivity contribution in [2.24, 2.45) is 5.92 Å². The third-order valence-electron chi connectivity index (χ3n) is 6.01. The van der Waals surface area contributed by atoms with Crippen molar-refractivity contribution in [1.29, 1.82) is 5.26 Å². The highest BCUT2D eigenvalue weighted by molar-refractivity contribution is 5.46. The lowest BCUT2D eigenvalue weighted by Gasteiger charge is -2.37. The van der Waals surface area contributed by atoms with E-state index in [0.29, 0.717) is 5.92 Å². The van der Waals surface area contributed by atoms with Gasteiger partial charge in [-0.2, -0.15) is 5.26 Å². The van der Waals surface area contributed by atoms with Gasteiger partial charge in [0.1, 0.15) is 0 Å². The number of rotatable bonds is 7. The van der Waals surface area contributed by atoms with Crippen molar-refractivity contribution in [1.82, 2.24) is 4.90 Å². The second kappa shape index (κ2) is 9.06. The van der Waals surface area contributed by atoms with E-state index < -0.39 is 0 Å². The minimum atomic E-state index is -0.382. The summed E-state index contributed by atoms with van der Waals surface area (Å²) in [6.45, 7) is 9.78. The molecule has 0 N–H and O–H groups in total. The van der Waals surface area contributed by atoms with Crippen LogP contribution in [0.4, 0.5) is 5.69 Å². The number of nitriles is 1. The predicted octanol–water partition coefficient (Wildman–Crippen LogP) is 4.71.